The molecule has 0 saturated heterocycles. The molecule has 0 spiro atoms. The second-order valence-corrected chi connectivity index (χ2v) is 18.0. The number of anilines is 4. The number of carboxylic acids is 1. The Kier molecular flexibility index (Phi) is 14.9. The Morgan fingerprint density at radius 3 is 1.79 bits per heavy atom. The fourth-order valence-electron chi connectivity index (χ4n) is 7.31. The van der Waals surface area contributed by atoms with Crippen molar-refractivity contribution in [3.8, 4) is 22.5 Å². The van der Waals surface area contributed by atoms with Crippen molar-refractivity contribution >= 4 is 57.7 Å². The Hall–Kier alpha value is -7.03. The normalized spacial score (nSPS) is 12.7. The number of halogens is 1. The minimum Gasteiger partial charge on any atom is -0.477 e. The lowest BCUT2D eigenvalue weighted by molar-refractivity contribution is 0.0701. The highest BCUT2D eigenvalue weighted by Crippen LogP contribution is 2.30. The Bertz CT molecular complexity index is 2970. The highest BCUT2D eigenvalue weighted by atomic mass is 32.1. The van der Waals surface area contributed by atoms with Crippen LogP contribution in [0.15, 0.2) is 97.8 Å². The molecule has 8 aromatic rings. The number of nitrogens with one attached hydrogen (secondary N) is 2. The number of hydrogen-bond acceptors (Lipinski definition) is 15. The monoisotopic (exact) mass is 941 g/mol. The Morgan fingerprint density at radius 2 is 1.30 bits per heavy atom. The third-order valence-electron chi connectivity index (χ3n) is 10.8. The van der Waals surface area contributed by atoms with E-state index in [2.05, 4.69) is 65.9 Å². The fraction of sp³-hybridized carbons (Fsp3) is 0.250. The number of rotatable bonds is 12. The van der Waals surface area contributed by atoms with Gasteiger partial charge >= 0.3 is 5.97 Å². The molecule has 0 radical (unpaired) electrons. The molecule has 19 heteroatoms. The predicted octanol–water partition coefficient (Wildman–Crippen LogP) is 8.62. The zero-order valence-corrected chi connectivity index (χ0v) is 38.7. The van der Waals surface area contributed by atoms with Gasteiger partial charge in [0.2, 0.25) is 11.9 Å². The van der Waals surface area contributed by atoms with Crippen LogP contribution in [0.1, 0.15) is 63.3 Å². The lowest BCUT2D eigenvalue weighted by Crippen LogP contribution is -2.05. The standard InChI is InChI=1S/C25H25N5O2S.C15H15FN6.C8H8O3S/c1-16-11-18(21-7-9-26-25(29-21)28-20-13-27-30(2)14-20)4-3-17(16)5-6-22(31)24-12-19-15-32-10-8-23(19)33-24;1-22-9-12(8-19-22)20-15-18-5-4-14(21-15)10-2-3-11(7-17)13(16)6-10;9-8(10)7-3-5-4-11-2-1-6(5)12-7/h3-4,7,9,11-14H,5-6,8,10,15H2,1-2H3,(H,26,28,29);2-6,8-9H,7,17H2,1H3,(H,18,20,21);3H,1-2,4H2,(H,9,10). The van der Waals surface area contributed by atoms with Gasteiger partial charge in [-0.2, -0.15) is 10.2 Å². The molecule has 10 rings (SSSR count). The summed E-state index contributed by atoms with van der Waals surface area (Å²) in [6.45, 7) is 4.91. The van der Waals surface area contributed by atoms with Crippen molar-refractivity contribution in [2.24, 2.45) is 19.8 Å². The first-order chi connectivity index (χ1) is 32.5. The zero-order chi connectivity index (χ0) is 46.9. The van der Waals surface area contributed by atoms with Gasteiger partial charge in [-0.05, 0) is 72.0 Å². The van der Waals surface area contributed by atoms with Crippen molar-refractivity contribution in [1.29, 1.82) is 0 Å². The van der Waals surface area contributed by atoms with Gasteiger partial charge in [0.05, 0.1) is 66.5 Å². The van der Waals surface area contributed by atoms with Crippen molar-refractivity contribution in [3.63, 3.8) is 0 Å². The van der Waals surface area contributed by atoms with E-state index in [0.717, 1.165) is 64.5 Å². The molecule has 2 aliphatic heterocycles. The SMILES string of the molecule is Cc1cc(-c2ccnc(Nc3cnn(C)c3)n2)ccc1CCC(=O)c1cc2c(s1)CCOC2.Cn1cc(Nc2nccc(-c3ccc(CN)c(F)c3)n2)cn1.O=C(O)c1cc2c(s1)CCOC2. The Morgan fingerprint density at radius 1 is 0.761 bits per heavy atom. The van der Waals surface area contributed by atoms with Crippen LogP contribution in [-0.4, -0.2) is 69.6 Å². The first-order valence-electron chi connectivity index (χ1n) is 21.4. The Labute approximate surface area is 393 Å². The van der Waals surface area contributed by atoms with Gasteiger partial charge in [0.15, 0.2) is 5.78 Å². The lowest BCUT2D eigenvalue weighted by atomic mass is 9.98. The van der Waals surface area contributed by atoms with Crippen molar-refractivity contribution in [3.05, 3.63) is 151 Å². The third-order valence-corrected chi connectivity index (χ3v) is 13.3. The molecule has 0 bridgehead atoms. The minimum absolute atomic E-state index is 0.170. The van der Waals surface area contributed by atoms with Crippen LogP contribution in [0.3, 0.4) is 0 Å². The summed E-state index contributed by atoms with van der Waals surface area (Å²) in [6, 6.07) is 18.5. The van der Waals surface area contributed by atoms with Crippen LogP contribution >= 0.6 is 22.7 Å². The highest BCUT2D eigenvalue weighted by Gasteiger charge is 2.19. The average molecular weight is 942 g/mol. The van der Waals surface area contributed by atoms with Crippen molar-refractivity contribution in [2.75, 3.05) is 23.8 Å². The first kappa shape index (κ1) is 46.5. The van der Waals surface area contributed by atoms with E-state index in [0.29, 0.717) is 59.8 Å². The molecule has 0 aliphatic carbocycles. The molecular weight excluding hydrogens is 894 g/mol. The third kappa shape index (κ3) is 12.1. The van der Waals surface area contributed by atoms with Crippen LogP contribution in [0.4, 0.5) is 27.7 Å². The van der Waals surface area contributed by atoms with Crippen LogP contribution in [0.25, 0.3) is 22.5 Å². The summed E-state index contributed by atoms with van der Waals surface area (Å²) < 4.78 is 27.9. The van der Waals surface area contributed by atoms with E-state index in [1.807, 2.05) is 38.6 Å². The lowest BCUT2D eigenvalue weighted by Gasteiger charge is -2.10. The molecular formula is C48H48FN11O5S2. The van der Waals surface area contributed by atoms with Gasteiger partial charge < -0.3 is 30.9 Å². The number of benzene rings is 2. The van der Waals surface area contributed by atoms with E-state index in [9.17, 15) is 14.0 Å². The number of aryl methyl sites for hydroxylation is 4. The molecule has 0 saturated carbocycles. The van der Waals surface area contributed by atoms with E-state index in [1.165, 1.54) is 38.3 Å². The number of ketones is 1. The van der Waals surface area contributed by atoms with Gasteiger partial charge in [-0.1, -0.05) is 24.3 Å². The smallest absolute Gasteiger partial charge is 0.345 e. The number of hydrogen-bond donors (Lipinski definition) is 4. The molecule has 67 heavy (non-hydrogen) atoms. The summed E-state index contributed by atoms with van der Waals surface area (Å²) in [4.78, 5) is 44.6. The van der Waals surface area contributed by atoms with Gasteiger partial charge in [-0.15, -0.1) is 22.7 Å². The maximum atomic E-state index is 13.8. The number of carbonyl (C=O) groups excluding carboxylic acids is 1. The van der Waals surface area contributed by atoms with Gasteiger partial charge in [-0.3, -0.25) is 14.2 Å². The van der Waals surface area contributed by atoms with Crippen molar-refractivity contribution in [1.82, 2.24) is 39.5 Å². The molecule has 5 N–H and O–H groups in total. The minimum atomic E-state index is -0.839. The summed E-state index contributed by atoms with van der Waals surface area (Å²) in [7, 11) is 3.69. The topological polar surface area (TPSA) is 210 Å². The second-order valence-electron chi connectivity index (χ2n) is 15.7. The van der Waals surface area contributed by atoms with E-state index in [-0.39, 0.29) is 18.1 Å². The number of carbonyl (C=O) groups is 2. The fourth-order valence-corrected chi connectivity index (χ4v) is 9.41. The van der Waals surface area contributed by atoms with Gasteiger partial charge in [0, 0.05) is 91.1 Å². The number of nitrogens with two attached hydrogens (primary N) is 1. The van der Waals surface area contributed by atoms with Crippen LogP contribution in [0.5, 0.6) is 0 Å². The van der Waals surface area contributed by atoms with Gasteiger partial charge in [-0.25, -0.2) is 29.1 Å². The molecule has 0 amide bonds. The van der Waals surface area contributed by atoms with E-state index < -0.39 is 5.97 Å². The largest absolute Gasteiger partial charge is 0.477 e. The molecule has 2 aliphatic rings. The summed E-state index contributed by atoms with van der Waals surface area (Å²) in [5, 5.41) is 23.1. The van der Waals surface area contributed by atoms with E-state index in [1.54, 1.807) is 69.8 Å². The molecule has 0 unspecified atom stereocenters. The number of nitrogens with zero attached hydrogens (tertiary/aromatic N) is 8. The first-order valence-corrected chi connectivity index (χ1v) is 23.0. The zero-order valence-electron chi connectivity index (χ0n) is 37.0. The molecule has 8 heterocycles. The van der Waals surface area contributed by atoms with E-state index in [4.69, 9.17) is 20.3 Å². The van der Waals surface area contributed by atoms with E-state index >= 15 is 0 Å². The molecule has 16 nitrogen and oxygen atoms in total. The van der Waals surface area contributed by atoms with Crippen LogP contribution in [0.2, 0.25) is 0 Å². The average Bonchev–Trinajstić information content (AvgIpc) is 4.16. The summed E-state index contributed by atoms with van der Waals surface area (Å²) in [6.07, 6.45) is 13.4. The molecule has 0 fully saturated rings. The maximum Gasteiger partial charge on any atom is 0.345 e. The number of aromatic nitrogens is 8. The van der Waals surface area contributed by atoms with Gasteiger partial charge in [0.25, 0.3) is 0 Å². The Balaban J connectivity index is 0.000000153. The van der Waals surface area contributed by atoms with Gasteiger partial charge in [0.1, 0.15) is 10.7 Å². The quantitative estimate of drug-likeness (QED) is 0.0846. The second kappa shape index (κ2) is 21.5. The summed E-state index contributed by atoms with van der Waals surface area (Å²) in [5.41, 5.74) is 15.3. The molecule has 0 atom stereocenters. The maximum absolute atomic E-state index is 13.8. The number of Topliss-reactive ketones (excluding diaryl/α,β-unsaturated/α-hetero) is 1. The summed E-state index contributed by atoms with van der Waals surface area (Å²) in [5.74, 6) is -0.0137. The van der Waals surface area contributed by atoms with Crippen molar-refractivity contribution in [2.45, 2.75) is 52.4 Å². The van der Waals surface area contributed by atoms with Crippen LogP contribution in [-0.2, 0) is 62.6 Å². The van der Waals surface area contributed by atoms with Crippen LogP contribution in [0, 0.1) is 12.7 Å². The number of ether oxygens (including phenoxy) is 2. The highest BCUT2D eigenvalue weighted by molar-refractivity contribution is 7.14. The summed E-state index contributed by atoms with van der Waals surface area (Å²) >= 11 is 2.99. The molecule has 2 aromatic carbocycles. The molecule has 6 aromatic heterocycles. The van der Waals surface area contributed by atoms with Crippen molar-refractivity contribution < 1.29 is 28.6 Å². The number of fused-ring (bicyclic) bond motifs is 2. The number of aromatic carboxylic acids is 1. The number of thiophene rings is 2. The molecule has 344 valence electrons. The number of carboxylic acid groups (broad SMARTS) is 1. The van der Waals surface area contributed by atoms with Crippen LogP contribution < -0.4 is 16.4 Å². The predicted molar refractivity (Wildman–Crippen MR) is 255 cm³/mol.